The van der Waals surface area contributed by atoms with E-state index in [1.54, 1.807) is 46.1 Å². The molecule has 2 aromatic carbocycles. The van der Waals surface area contributed by atoms with E-state index in [0.29, 0.717) is 22.0 Å². The van der Waals surface area contributed by atoms with Crippen molar-refractivity contribution in [1.29, 1.82) is 0 Å². The lowest BCUT2D eigenvalue weighted by atomic mass is 10.1. The Kier molecular flexibility index (Phi) is 7.40. The average molecular weight is 558 g/mol. The number of halogens is 3. The fourth-order valence-corrected chi connectivity index (χ4v) is 4.52. The molecule has 1 aromatic heterocycles. The van der Waals surface area contributed by atoms with Gasteiger partial charge in [-0.1, -0.05) is 17.7 Å². The van der Waals surface area contributed by atoms with E-state index < -0.39 is 5.82 Å². The van der Waals surface area contributed by atoms with E-state index >= 15 is 0 Å². The second-order valence-corrected chi connectivity index (χ2v) is 10.5. The summed E-state index contributed by atoms with van der Waals surface area (Å²) in [5.74, 6) is 0.118. The number of aryl methyl sites for hydroxylation is 1. The first kappa shape index (κ1) is 26.2. The number of nitrogens with zero attached hydrogens (tertiary/aromatic N) is 3. The highest BCUT2D eigenvalue weighted by Crippen LogP contribution is 2.38. The molecule has 2 saturated carbocycles. The van der Waals surface area contributed by atoms with Gasteiger partial charge in [-0.05, 0) is 67.6 Å². The molecule has 3 aromatic rings. The molecule has 11 heteroatoms. The summed E-state index contributed by atoms with van der Waals surface area (Å²) in [7, 11) is 1.81. The van der Waals surface area contributed by atoms with Crippen molar-refractivity contribution in [2.75, 3.05) is 10.2 Å². The minimum atomic E-state index is -0.529. The van der Waals surface area contributed by atoms with E-state index in [-0.39, 0.29) is 47.5 Å². The van der Waals surface area contributed by atoms with Crippen molar-refractivity contribution in [3.05, 3.63) is 70.1 Å². The highest BCUT2D eigenvalue weighted by atomic mass is 35.5. The van der Waals surface area contributed by atoms with Crippen LogP contribution >= 0.6 is 23.2 Å². The van der Waals surface area contributed by atoms with Crippen molar-refractivity contribution in [1.82, 2.24) is 15.1 Å². The molecule has 0 atom stereocenters. The smallest absolute Gasteiger partial charge is 0.258 e. The Bertz CT molecular complexity index is 1420. The van der Waals surface area contributed by atoms with Crippen LogP contribution in [0.2, 0.25) is 5.02 Å². The van der Waals surface area contributed by atoms with Gasteiger partial charge in [0.1, 0.15) is 11.6 Å². The number of carbonyl (C=O) groups is 3. The summed E-state index contributed by atoms with van der Waals surface area (Å²) in [6.07, 6.45) is 5.50. The molecule has 0 spiro atoms. The zero-order chi connectivity index (χ0) is 27.0. The molecule has 0 saturated heterocycles. The van der Waals surface area contributed by atoms with Crippen molar-refractivity contribution in [3.8, 4) is 0 Å². The predicted octanol–water partition coefficient (Wildman–Crippen LogP) is 5.30. The van der Waals surface area contributed by atoms with Crippen molar-refractivity contribution < 1.29 is 18.8 Å². The number of hydrogen-bond acceptors (Lipinski definition) is 5. The molecule has 198 valence electrons. The van der Waals surface area contributed by atoms with Crippen LogP contribution in [0, 0.1) is 17.7 Å². The summed E-state index contributed by atoms with van der Waals surface area (Å²) in [4.78, 5) is 36.8. The van der Waals surface area contributed by atoms with Gasteiger partial charge in [0.25, 0.3) is 5.91 Å². The summed E-state index contributed by atoms with van der Waals surface area (Å²) in [6.45, 7) is 0.369. The van der Waals surface area contributed by atoms with Crippen LogP contribution in [0.25, 0.3) is 0 Å². The number of hydrogen-bond donors (Lipinski definition) is 2. The Labute approximate surface area is 229 Å². The fourth-order valence-electron chi connectivity index (χ4n) is 4.13. The average Bonchev–Trinajstić information content (AvgIpc) is 3.80. The van der Waals surface area contributed by atoms with Gasteiger partial charge in [0.05, 0.1) is 24.1 Å². The van der Waals surface area contributed by atoms with Crippen LogP contribution in [0.1, 0.15) is 47.2 Å². The lowest BCUT2D eigenvalue weighted by molar-refractivity contribution is -0.122. The van der Waals surface area contributed by atoms with E-state index in [1.165, 1.54) is 6.07 Å². The standard InChI is InChI=1S/C23H21ClFN5O2.C4H5ClO/c1-29-21-16(11-27-29)12-30(20-7-6-17(24)9-19(20)28-21)23(32)14-4-5-15(18(25)8-14)10-26-22(31)13-2-3-13;5-4(6)3-1-2-3/h4-9,11,13,28H,2-3,10,12H2,1H3,(H,26,31);3H,1-2H2. The maximum Gasteiger partial charge on any atom is 0.258 e. The Morgan fingerprint density at radius 2 is 1.84 bits per heavy atom. The largest absolute Gasteiger partial charge is 0.352 e. The molecule has 0 unspecified atom stereocenters. The quantitative estimate of drug-likeness (QED) is 0.414. The molecule has 38 heavy (non-hydrogen) atoms. The number of rotatable bonds is 5. The maximum absolute atomic E-state index is 14.8. The minimum Gasteiger partial charge on any atom is -0.352 e. The number of fused-ring (bicyclic) bond motifs is 2. The van der Waals surface area contributed by atoms with Crippen LogP contribution in [-0.2, 0) is 29.7 Å². The van der Waals surface area contributed by atoms with Crippen molar-refractivity contribution in [2.24, 2.45) is 18.9 Å². The molecular weight excluding hydrogens is 532 g/mol. The Hall–Kier alpha value is -3.43. The lowest BCUT2D eigenvalue weighted by Crippen LogP contribution is -2.30. The van der Waals surface area contributed by atoms with Gasteiger partial charge < -0.3 is 15.5 Å². The molecule has 2 fully saturated rings. The van der Waals surface area contributed by atoms with Crippen LogP contribution in [-0.4, -0.2) is 26.8 Å². The first-order valence-corrected chi connectivity index (χ1v) is 13.1. The highest BCUT2D eigenvalue weighted by molar-refractivity contribution is 6.64. The predicted molar refractivity (Wildman–Crippen MR) is 143 cm³/mol. The molecule has 2 N–H and O–H groups in total. The van der Waals surface area contributed by atoms with Gasteiger partial charge in [-0.25, -0.2) is 4.39 Å². The van der Waals surface area contributed by atoms with Crippen LogP contribution in [0.5, 0.6) is 0 Å². The number of carbonyl (C=O) groups excluding carboxylic acids is 3. The second-order valence-electron chi connectivity index (χ2n) is 9.70. The summed E-state index contributed by atoms with van der Waals surface area (Å²) >= 11 is 11.2. The Morgan fingerprint density at radius 3 is 2.47 bits per heavy atom. The molecule has 2 amide bonds. The van der Waals surface area contributed by atoms with Gasteiger partial charge in [0.2, 0.25) is 11.1 Å². The normalized spacial score (nSPS) is 15.7. The molecule has 6 rings (SSSR count). The molecule has 0 radical (unpaired) electrons. The van der Waals surface area contributed by atoms with Gasteiger partial charge >= 0.3 is 0 Å². The number of amides is 2. The zero-order valence-corrected chi connectivity index (χ0v) is 22.2. The van der Waals surface area contributed by atoms with Crippen molar-refractivity contribution in [2.45, 2.75) is 38.8 Å². The molecule has 2 heterocycles. The first-order chi connectivity index (χ1) is 18.2. The van der Waals surface area contributed by atoms with E-state index in [2.05, 4.69) is 15.7 Å². The number of nitrogens with one attached hydrogen (secondary N) is 2. The Balaban J connectivity index is 0.000000433. The second kappa shape index (κ2) is 10.7. The summed E-state index contributed by atoms with van der Waals surface area (Å²) < 4.78 is 16.4. The number of benzene rings is 2. The van der Waals surface area contributed by atoms with Crippen LogP contribution in [0.3, 0.4) is 0 Å². The monoisotopic (exact) mass is 557 g/mol. The van der Waals surface area contributed by atoms with Gasteiger partial charge in [-0.3, -0.25) is 19.1 Å². The first-order valence-electron chi connectivity index (χ1n) is 12.4. The van der Waals surface area contributed by atoms with Gasteiger partial charge in [0, 0.05) is 47.1 Å². The van der Waals surface area contributed by atoms with Crippen molar-refractivity contribution in [3.63, 3.8) is 0 Å². The third-order valence-electron chi connectivity index (χ3n) is 6.69. The van der Waals surface area contributed by atoms with E-state index in [0.717, 1.165) is 37.1 Å². The summed E-state index contributed by atoms with van der Waals surface area (Å²) in [6, 6.07) is 9.57. The molecule has 0 bridgehead atoms. The number of aromatic nitrogens is 2. The topological polar surface area (TPSA) is 96.3 Å². The van der Waals surface area contributed by atoms with Crippen LogP contribution in [0.4, 0.5) is 21.6 Å². The fraction of sp³-hybridized carbons (Fsp3) is 0.333. The van der Waals surface area contributed by atoms with Crippen LogP contribution < -0.4 is 15.5 Å². The van der Waals surface area contributed by atoms with E-state index in [1.807, 2.05) is 7.05 Å². The molecule has 3 aliphatic rings. The van der Waals surface area contributed by atoms with E-state index in [4.69, 9.17) is 23.2 Å². The van der Waals surface area contributed by atoms with Crippen molar-refractivity contribution >= 4 is 57.5 Å². The number of anilines is 3. The third kappa shape index (κ3) is 5.84. The summed E-state index contributed by atoms with van der Waals surface area (Å²) in [5.41, 5.74) is 2.68. The lowest BCUT2D eigenvalue weighted by Gasteiger charge is -2.23. The van der Waals surface area contributed by atoms with Gasteiger partial charge in [-0.2, -0.15) is 5.10 Å². The minimum absolute atomic E-state index is 0.0517. The molecule has 1 aliphatic heterocycles. The molecular formula is C27H26Cl2FN5O3. The van der Waals surface area contributed by atoms with Gasteiger partial charge in [0.15, 0.2) is 0 Å². The SMILES string of the molecule is Cn1ncc2c1Nc1cc(Cl)ccc1N(C(=O)c1ccc(CNC(=O)C3CC3)c(F)c1)C2.O=C(Cl)C1CC1. The molecule has 8 nitrogen and oxygen atoms in total. The zero-order valence-electron chi connectivity index (χ0n) is 20.6. The van der Waals surface area contributed by atoms with E-state index in [9.17, 15) is 18.8 Å². The molecule has 2 aliphatic carbocycles. The van der Waals surface area contributed by atoms with Crippen LogP contribution in [0.15, 0.2) is 42.6 Å². The van der Waals surface area contributed by atoms with Gasteiger partial charge in [-0.15, -0.1) is 0 Å². The third-order valence-corrected chi connectivity index (χ3v) is 7.23. The maximum atomic E-state index is 14.8. The highest BCUT2D eigenvalue weighted by Gasteiger charge is 2.30. The summed E-state index contributed by atoms with van der Waals surface area (Å²) in [5, 5.41) is 10.7. The Morgan fingerprint density at radius 1 is 1.11 bits per heavy atom.